The monoisotopic (exact) mass is 284 g/mol. The first-order valence-electron chi connectivity index (χ1n) is 7.17. The lowest BCUT2D eigenvalue weighted by molar-refractivity contribution is -0.141. The van der Waals surface area contributed by atoms with Gasteiger partial charge in [0.25, 0.3) is 0 Å². The lowest BCUT2D eigenvalue weighted by Gasteiger charge is -2.40. The highest BCUT2D eigenvalue weighted by molar-refractivity contribution is 5.83. The first-order chi connectivity index (χ1) is 9.58. The molecule has 3 aliphatic rings. The third-order valence-corrected chi connectivity index (χ3v) is 4.54. The van der Waals surface area contributed by atoms with Crippen LogP contribution in [0.1, 0.15) is 25.7 Å². The van der Waals surface area contributed by atoms with Crippen molar-refractivity contribution in [1.82, 2.24) is 9.80 Å². The van der Waals surface area contributed by atoms with Crippen molar-refractivity contribution in [3.63, 3.8) is 0 Å². The number of carbonyl (C=O) groups excluding carboxylic acids is 1. The second-order valence-electron chi connectivity index (χ2n) is 5.78. The van der Waals surface area contributed by atoms with Crippen molar-refractivity contribution in [1.29, 1.82) is 0 Å². The quantitative estimate of drug-likeness (QED) is 0.700. The Labute approximate surface area is 117 Å². The van der Waals surface area contributed by atoms with E-state index in [2.05, 4.69) is 0 Å². The van der Waals surface area contributed by atoms with Gasteiger partial charge in [0, 0.05) is 19.5 Å². The maximum atomic E-state index is 12.6. The van der Waals surface area contributed by atoms with Gasteiger partial charge in [0.1, 0.15) is 6.04 Å². The van der Waals surface area contributed by atoms with Crippen LogP contribution in [0, 0.1) is 0 Å². The molecule has 2 amide bonds. The average molecular weight is 284 g/mol. The fraction of sp³-hybridized carbons (Fsp3) is 0.846. The van der Waals surface area contributed by atoms with Crippen LogP contribution < -0.4 is 0 Å². The van der Waals surface area contributed by atoms with Gasteiger partial charge in [0.2, 0.25) is 0 Å². The van der Waals surface area contributed by atoms with Gasteiger partial charge >= 0.3 is 12.0 Å². The second kappa shape index (κ2) is 5.21. The zero-order chi connectivity index (χ0) is 14.3. The lowest BCUT2D eigenvalue weighted by Crippen LogP contribution is -2.57. The van der Waals surface area contributed by atoms with E-state index in [0.29, 0.717) is 13.2 Å². The number of aliphatic hydroxyl groups is 1. The van der Waals surface area contributed by atoms with Crippen LogP contribution in [0.15, 0.2) is 0 Å². The number of amides is 2. The molecule has 2 N–H and O–H groups in total. The number of aliphatic hydroxyl groups excluding tert-OH is 1. The lowest BCUT2D eigenvalue weighted by atomic mass is 10.1. The largest absolute Gasteiger partial charge is 0.480 e. The first kappa shape index (κ1) is 13.6. The van der Waals surface area contributed by atoms with Gasteiger partial charge in [-0.3, -0.25) is 0 Å². The summed E-state index contributed by atoms with van der Waals surface area (Å²) in [5, 5.41) is 18.8. The maximum Gasteiger partial charge on any atom is 0.326 e. The second-order valence-corrected chi connectivity index (χ2v) is 5.78. The molecule has 0 aromatic heterocycles. The molecular weight excluding hydrogens is 264 g/mol. The number of nitrogens with zero attached hydrogens (tertiary/aromatic N) is 2. The maximum absolute atomic E-state index is 12.6. The number of hydrogen-bond donors (Lipinski definition) is 2. The van der Waals surface area contributed by atoms with Crippen LogP contribution in [0.4, 0.5) is 4.79 Å². The molecule has 7 nitrogen and oxygen atoms in total. The highest BCUT2D eigenvalue weighted by atomic mass is 16.5. The Kier molecular flexibility index (Phi) is 3.55. The normalized spacial score (nSPS) is 37.0. The minimum Gasteiger partial charge on any atom is -0.480 e. The highest BCUT2D eigenvalue weighted by Gasteiger charge is 2.45. The number of carbonyl (C=O) groups is 2. The van der Waals surface area contributed by atoms with Crippen molar-refractivity contribution in [2.45, 2.75) is 50.0 Å². The van der Waals surface area contributed by atoms with Gasteiger partial charge in [0.05, 0.1) is 24.9 Å². The van der Waals surface area contributed by atoms with E-state index in [1.807, 2.05) is 0 Å². The number of aliphatic carboxylic acids is 1. The predicted octanol–water partition coefficient (Wildman–Crippen LogP) is -0.120. The van der Waals surface area contributed by atoms with Crippen LogP contribution in [-0.2, 0) is 9.53 Å². The van der Waals surface area contributed by atoms with Gasteiger partial charge in [-0.05, 0) is 19.3 Å². The van der Waals surface area contributed by atoms with Crippen LogP contribution >= 0.6 is 0 Å². The number of ether oxygens (including phenoxy) is 1. The molecule has 3 fully saturated rings. The number of hydrogen-bond acceptors (Lipinski definition) is 4. The van der Waals surface area contributed by atoms with Crippen molar-refractivity contribution in [3.05, 3.63) is 0 Å². The number of carboxylic acid groups (broad SMARTS) is 1. The van der Waals surface area contributed by atoms with Crippen molar-refractivity contribution < 1.29 is 24.5 Å². The molecule has 0 spiro atoms. The summed E-state index contributed by atoms with van der Waals surface area (Å²) in [6, 6.07) is -1.13. The molecule has 2 saturated heterocycles. The Morgan fingerprint density at radius 1 is 1.20 bits per heavy atom. The fourth-order valence-electron chi connectivity index (χ4n) is 3.59. The minimum atomic E-state index is -1.05. The summed E-state index contributed by atoms with van der Waals surface area (Å²) in [4.78, 5) is 26.9. The van der Waals surface area contributed by atoms with Gasteiger partial charge < -0.3 is 24.7 Å². The Hall–Kier alpha value is -1.34. The van der Waals surface area contributed by atoms with Crippen molar-refractivity contribution in [2.75, 3.05) is 19.7 Å². The van der Waals surface area contributed by atoms with Crippen LogP contribution in [0.25, 0.3) is 0 Å². The van der Waals surface area contributed by atoms with Gasteiger partial charge in [-0.2, -0.15) is 0 Å². The highest BCUT2D eigenvalue weighted by Crippen LogP contribution is 2.31. The Bertz CT molecular complexity index is 416. The molecule has 0 aromatic carbocycles. The number of urea groups is 1. The van der Waals surface area contributed by atoms with Gasteiger partial charge in [-0.25, -0.2) is 9.59 Å². The molecule has 20 heavy (non-hydrogen) atoms. The molecule has 4 unspecified atom stereocenters. The number of rotatable bonds is 1. The van der Waals surface area contributed by atoms with E-state index < -0.39 is 18.1 Å². The van der Waals surface area contributed by atoms with E-state index in [4.69, 9.17) is 4.74 Å². The third kappa shape index (κ3) is 2.25. The van der Waals surface area contributed by atoms with Crippen LogP contribution in [0.3, 0.4) is 0 Å². The van der Waals surface area contributed by atoms with Gasteiger partial charge in [-0.1, -0.05) is 0 Å². The summed E-state index contributed by atoms with van der Waals surface area (Å²) in [5.74, 6) is -1.05. The summed E-state index contributed by atoms with van der Waals surface area (Å²) < 4.78 is 5.66. The molecule has 4 atom stereocenters. The fourth-order valence-corrected chi connectivity index (χ4v) is 3.59. The Morgan fingerprint density at radius 2 is 2.00 bits per heavy atom. The number of fused-ring (bicyclic) bond motifs is 1. The summed E-state index contributed by atoms with van der Waals surface area (Å²) in [6.45, 7) is 1.10. The average Bonchev–Trinajstić information content (AvgIpc) is 3.03. The van der Waals surface area contributed by atoms with Crippen LogP contribution in [0.2, 0.25) is 0 Å². The number of carboxylic acids is 1. The van der Waals surface area contributed by atoms with Gasteiger partial charge in [-0.15, -0.1) is 0 Å². The number of likely N-dealkylation sites (tertiary alicyclic amines) is 1. The number of β-amino-alcohol motifs (C(OH)–C–C–N with tert-alkyl or cyclic N) is 1. The van der Waals surface area contributed by atoms with E-state index in [0.717, 1.165) is 19.3 Å². The van der Waals surface area contributed by atoms with E-state index >= 15 is 0 Å². The molecule has 7 heteroatoms. The Morgan fingerprint density at radius 3 is 2.75 bits per heavy atom. The molecule has 0 bridgehead atoms. The summed E-state index contributed by atoms with van der Waals surface area (Å²) in [7, 11) is 0. The standard InChI is InChI=1S/C13H20N2O5/c16-8-6-10(12(17)18)15(7-8)13(19)14-4-5-20-11-3-1-2-9(11)14/h8-11,16H,1-7H2,(H,17,18). The smallest absolute Gasteiger partial charge is 0.326 e. The molecule has 3 rings (SSSR count). The molecule has 1 saturated carbocycles. The molecule has 0 radical (unpaired) electrons. The molecule has 2 aliphatic heterocycles. The minimum absolute atomic E-state index is 0.0587. The van der Waals surface area contributed by atoms with Gasteiger partial charge in [0.15, 0.2) is 0 Å². The van der Waals surface area contributed by atoms with Crippen molar-refractivity contribution in [2.24, 2.45) is 0 Å². The van der Waals surface area contributed by atoms with Crippen LogP contribution in [-0.4, -0.2) is 76.0 Å². The molecule has 112 valence electrons. The van der Waals surface area contributed by atoms with E-state index in [1.165, 1.54) is 4.90 Å². The molecular formula is C13H20N2O5. The zero-order valence-corrected chi connectivity index (χ0v) is 11.3. The Balaban J connectivity index is 1.75. The summed E-state index contributed by atoms with van der Waals surface area (Å²) in [6.07, 6.45) is 2.34. The molecule has 2 heterocycles. The van der Waals surface area contributed by atoms with Crippen LogP contribution in [0.5, 0.6) is 0 Å². The van der Waals surface area contributed by atoms with E-state index in [1.54, 1.807) is 4.90 Å². The molecule has 0 aromatic rings. The molecule has 1 aliphatic carbocycles. The third-order valence-electron chi connectivity index (χ3n) is 4.54. The first-order valence-corrected chi connectivity index (χ1v) is 7.17. The number of morpholine rings is 1. The summed E-state index contributed by atoms with van der Waals surface area (Å²) in [5.41, 5.74) is 0. The topological polar surface area (TPSA) is 90.3 Å². The van der Waals surface area contributed by atoms with Crippen molar-refractivity contribution >= 4 is 12.0 Å². The SMILES string of the molecule is O=C(O)C1CC(O)CN1C(=O)N1CCOC2CCCC21. The van der Waals surface area contributed by atoms with Crippen molar-refractivity contribution in [3.8, 4) is 0 Å². The van der Waals surface area contributed by atoms with E-state index in [-0.39, 0.29) is 31.1 Å². The summed E-state index contributed by atoms with van der Waals surface area (Å²) >= 11 is 0. The zero-order valence-electron chi connectivity index (χ0n) is 11.3. The van der Waals surface area contributed by atoms with E-state index in [9.17, 15) is 19.8 Å². The predicted molar refractivity (Wildman–Crippen MR) is 68.2 cm³/mol.